The monoisotopic (exact) mass is 242 g/mol. The van der Waals surface area contributed by atoms with Crippen LogP contribution in [0.15, 0.2) is 0 Å². The summed E-state index contributed by atoms with van der Waals surface area (Å²) in [6.45, 7) is 4.41. The van der Waals surface area contributed by atoms with Crippen LogP contribution in [0.3, 0.4) is 0 Å². The SMILES string of the molecule is CCC(C)C(N)C(=O)N1CCCC[C@H]1C(=O)O. The molecule has 3 atom stereocenters. The highest BCUT2D eigenvalue weighted by atomic mass is 16.4. The van der Waals surface area contributed by atoms with Crippen molar-refractivity contribution in [3.8, 4) is 0 Å². The van der Waals surface area contributed by atoms with Crippen molar-refractivity contribution in [2.45, 2.75) is 51.6 Å². The van der Waals surface area contributed by atoms with Crippen LogP contribution in [0.1, 0.15) is 39.5 Å². The van der Waals surface area contributed by atoms with Gasteiger partial charge in [0, 0.05) is 6.54 Å². The molecule has 0 bridgehead atoms. The molecule has 0 aromatic rings. The number of rotatable bonds is 4. The van der Waals surface area contributed by atoms with Gasteiger partial charge in [-0.3, -0.25) is 4.79 Å². The molecule has 0 aliphatic carbocycles. The van der Waals surface area contributed by atoms with Crippen molar-refractivity contribution >= 4 is 11.9 Å². The Labute approximate surface area is 102 Å². The van der Waals surface area contributed by atoms with Gasteiger partial charge < -0.3 is 15.7 Å². The molecule has 17 heavy (non-hydrogen) atoms. The van der Waals surface area contributed by atoms with Gasteiger partial charge in [-0.1, -0.05) is 20.3 Å². The Morgan fingerprint density at radius 1 is 1.47 bits per heavy atom. The summed E-state index contributed by atoms with van der Waals surface area (Å²) in [4.78, 5) is 24.7. The van der Waals surface area contributed by atoms with Gasteiger partial charge in [-0.2, -0.15) is 0 Å². The molecule has 0 saturated carbocycles. The fourth-order valence-corrected chi connectivity index (χ4v) is 2.14. The fourth-order valence-electron chi connectivity index (χ4n) is 2.14. The highest BCUT2D eigenvalue weighted by molar-refractivity contribution is 5.87. The molecule has 1 fully saturated rings. The highest BCUT2D eigenvalue weighted by Gasteiger charge is 2.35. The lowest BCUT2D eigenvalue weighted by Crippen LogP contribution is -2.55. The van der Waals surface area contributed by atoms with Crippen LogP contribution >= 0.6 is 0 Å². The first-order valence-corrected chi connectivity index (χ1v) is 6.27. The van der Waals surface area contributed by atoms with Crippen LogP contribution < -0.4 is 5.73 Å². The number of nitrogens with two attached hydrogens (primary N) is 1. The van der Waals surface area contributed by atoms with Crippen molar-refractivity contribution in [3.05, 3.63) is 0 Å². The largest absolute Gasteiger partial charge is 0.480 e. The smallest absolute Gasteiger partial charge is 0.326 e. The Kier molecular flexibility index (Phi) is 4.93. The number of carbonyl (C=O) groups excluding carboxylic acids is 1. The number of hydrogen-bond acceptors (Lipinski definition) is 3. The van der Waals surface area contributed by atoms with E-state index in [1.54, 1.807) is 0 Å². The third-order valence-electron chi connectivity index (χ3n) is 3.61. The Morgan fingerprint density at radius 2 is 2.12 bits per heavy atom. The van der Waals surface area contributed by atoms with Gasteiger partial charge in [0.05, 0.1) is 6.04 Å². The van der Waals surface area contributed by atoms with E-state index in [0.29, 0.717) is 13.0 Å². The Balaban J connectivity index is 2.74. The molecule has 5 heteroatoms. The standard InChI is InChI=1S/C12H22N2O3/c1-3-8(2)10(13)11(15)14-7-5-4-6-9(14)12(16)17/h8-10H,3-7,13H2,1-2H3,(H,16,17)/t8?,9-,10?/m0/s1. The first-order chi connectivity index (χ1) is 7.99. The summed E-state index contributed by atoms with van der Waals surface area (Å²) in [5.41, 5.74) is 5.88. The van der Waals surface area contributed by atoms with Gasteiger partial charge in [-0.05, 0) is 25.2 Å². The molecule has 0 spiro atoms. The Bertz CT molecular complexity index is 293. The third-order valence-corrected chi connectivity index (χ3v) is 3.61. The van der Waals surface area contributed by atoms with Crippen molar-refractivity contribution in [1.82, 2.24) is 4.90 Å². The maximum Gasteiger partial charge on any atom is 0.326 e. The van der Waals surface area contributed by atoms with E-state index >= 15 is 0 Å². The molecule has 1 aliphatic heterocycles. The molecule has 1 aliphatic rings. The maximum absolute atomic E-state index is 12.2. The second-order valence-corrected chi connectivity index (χ2v) is 4.79. The zero-order valence-electron chi connectivity index (χ0n) is 10.6. The minimum absolute atomic E-state index is 0.0823. The lowest BCUT2D eigenvalue weighted by molar-refractivity contribution is -0.153. The Morgan fingerprint density at radius 3 is 2.65 bits per heavy atom. The van der Waals surface area contributed by atoms with E-state index in [1.807, 2.05) is 13.8 Å². The summed E-state index contributed by atoms with van der Waals surface area (Å²) in [5, 5.41) is 9.10. The summed E-state index contributed by atoms with van der Waals surface area (Å²) in [6, 6.07) is -1.27. The first-order valence-electron chi connectivity index (χ1n) is 6.27. The lowest BCUT2D eigenvalue weighted by atomic mass is 9.95. The van der Waals surface area contributed by atoms with Crippen LogP contribution in [-0.4, -0.2) is 40.5 Å². The Hall–Kier alpha value is -1.10. The van der Waals surface area contributed by atoms with Crippen molar-refractivity contribution in [2.24, 2.45) is 11.7 Å². The number of carboxylic acid groups (broad SMARTS) is 1. The molecule has 0 aromatic carbocycles. The van der Waals surface area contributed by atoms with E-state index in [9.17, 15) is 9.59 Å². The fraction of sp³-hybridized carbons (Fsp3) is 0.833. The summed E-state index contributed by atoms with van der Waals surface area (Å²) < 4.78 is 0. The maximum atomic E-state index is 12.2. The van der Waals surface area contributed by atoms with Crippen molar-refractivity contribution < 1.29 is 14.7 Å². The van der Waals surface area contributed by atoms with E-state index in [4.69, 9.17) is 10.8 Å². The first kappa shape index (κ1) is 14.0. The molecule has 98 valence electrons. The van der Waals surface area contributed by atoms with Gasteiger partial charge in [0.25, 0.3) is 0 Å². The topological polar surface area (TPSA) is 83.6 Å². The van der Waals surface area contributed by atoms with Crippen LogP contribution in [0.25, 0.3) is 0 Å². The zero-order valence-corrected chi connectivity index (χ0v) is 10.6. The summed E-state index contributed by atoms with van der Waals surface area (Å²) >= 11 is 0. The van der Waals surface area contributed by atoms with E-state index in [0.717, 1.165) is 19.3 Å². The second kappa shape index (κ2) is 6.00. The van der Waals surface area contributed by atoms with E-state index < -0.39 is 18.1 Å². The molecule has 5 nitrogen and oxygen atoms in total. The van der Waals surface area contributed by atoms with Gasteiger partial charge in [0.2, 0.25) is 5.91 Å². The molecule has 2 unspecified atom stereocenters. The number of carboxylic acids is 1. The molecule has 3 N–H and O–H groups in total. The zero-order chi connectivity index (χ0) is 13.0. The molecule has 1 heterocycles. The van der Waals surface area contributed by atoms with E-state index in [-0.39, 0.29) is 11.8 Å². The van der Waals surface area contributed by atoms with Crippen molar-refractivity contribution in [1.29, 1.82) is 0 Å². The number of hydrogen-bond donors (Lipinski definition) is 2. The summed E-state index contributed by atoms with van der Waals surface area (Å²) in [6.07, 6.45) is 3.08. The average molecular weight is 242 g/mol. The van der Waals surface area contributed by atoms with Crippen LogP contribution in [0.4, 0.5) is 0 Å². The molecule has 1 saturated heterocycles. The van der Waals surface area contributed by atoms with Crippen molar-refractivity contribution in [3.63, 3.8) is 0 Å². The lowest BCUT2D eigenvalue weighted by Gasteiger charge is -2.35. The van der Waals surface area contributed by atoms with E-state index in [1.165, 1.54) is 4.90 Å². The molecule has 0 aromatic heterocycles. The van der Waals surface area contributed by atoms with Gasteiger partial charge in [-0.15, -0.1) is 0 Å². The number of amides is 1. The quantitative estimate of drug-likeness (QED) is 0.764. The van der Waals surface area contributed by atoms with Crippen molar-refractivity contribution in [2.75, 3.05) is 6.54 Å². The highest BCUT2D eigenvalue weighted by Crippen LogP contribution is 2.20. The van der Waals surface area contributed by atoms with E-state index in [2.05, 4.69) is 0 Å². The van der Waals surface area contributed by atoms with Gasteiger partial charge in [0.15, 0.2) is 0 Å². The molecule has 1 amide bonds. The van der Waals surface area contributed by atoms with Gasteiger partial charge in [0.1, 0.15) is 6.04 Å². The molecular weight excluding hydrogens is 220 g/mol. The summed E-state index contributed by atoms with van der Waals surface area (Å²) in [7, 11) is 0. The number of carbonyl (C=O) groups is 2. The average Bonchev–Trinajstić information content (AvgIpc) is 2.35. The van der Waals surface area contributed by atoms with Crippen LogP contribution in [-0.2, 0) is 9.59 Å². The normalized spacial score (nSPS) is 24.2. The molecule has 0 radical (unpaired) electrons. The number of likely N-dealkylation sites (tertiary alicyclic amines) is 1. The number of aliphatic carboxylic acids is 1. The predicted octanol–water partition coefficient (Wildman–Crippen LogP) is 0.825. The molecule has 1 rings (SSSR count). The second-order valence-electron chi connectivity index (χ2n) is 4.79. The minimum atomic E-state index is -0.922. The summed E-state index contributed by atoms with van der Waals surface area (Å²) in [5.74, 6) is -1.06. The van der Waals surface area contributed by atoms with Gasteiger partial charge >= 0.3 is 5.97 Å². The van der Waals surface area contributed by atoms with Crippen LogP contribution in [0, 0.1) is 5.92 Å². The minimum Gasteiger partial charge on any atom is -0.480 e. The molecular formula is C12H22N2O3. The number of nitrogens with zero attached hydrogens (tertiary/aromatic N) is 1. The third kappa shape index (κ3) is 3.19. The van der Waals surface area contributed by atoms with Gasteiger partial charge in [-0.25, -0.2) is 4.79 Å². The predicted molar refractivity (Wildman–Crippen MR) is 64.4 cm³/mol. The van der Waals surface area contributed by atoms with Crippen LogP contribution in [0.2, 0.25) is 0 Å². The number of piperidine rings is 1. The van der Waals surface area contributed by atoms with Crippen LogP contribution in [0.5, 0.6) is 0 Å².